The van der Waals surface area contributed by atoms with Crippen LogP contribution in [0.3, 0.4) is 0 Å². The molecule has 0 fully saturated rings. The topological polar surface area (TPSA) is 49.9 Å². The van der Waals surface area contributed by atoms with Gasteiger partial charge in [0.2, 0.25) is 11.8 Å². The molecule has 0 aliphatic carbocycles. The zero-order chi connectivity index (χ0) is 24.3. The molecule has 1 heterocycles. The molecule has 0 unspecified atom stereocenters. The third-order valence-corrected chi connectivity index (χ3v) is 6.03. The molecular formula is C27H31FN2O3S. The number of halogens is 1. The molecule has 3 aromatic rings. The Morgan fingerprint density at radius 1 is 0.882 bits per heavy atom. The lowest BCUT2D eigenvalue weighted by atomic mass is 10.2. The number of carbonyl (C=O) groups excluding carboxylic acids is 2. The van der Waals surface area contributed by atoms with Gasteiger partial charge in [0.1, 0.15) is 12.4 Å². The van der Waals surface area contributed by atoms with E-state index in [4.69, 9.17) is 4.74 Å². The summed E-state index contributed by atoms with van der Waals surface area (Å²) in [5, 5.41) is 1.97. The predicted molar refractivity (Wildman–Crippen MR) is 132 cm³/mol. The van der Waals surface area contributed by atoms with Crippen LogP contribution in [0, 0.1) is 11.7 Å². The summed E-state index contributed by atoms with van der Waals surface area (Å²) < 4.78 is 19.0. The summed E-state index contributed by atoms with van der Waals surface area (Å²) in [4.78, 5) is 30.6. The highest BCUT2D eigenvalue weighted by Gasteiger charge is 2.23. The van der Waals surface area contributed by atoms with Crippen molar-refractivity contribution in [1.82, 2.24) is 9.80 Å². The van der Waals surface area contributed by atoms with E-state index in [-0.39, 0.29) is 36.7 Å². The van der Waals surface area contributed by atoms with Gasteiger partial charge in [-0.15, -0.1) is 11.3 Å². The first-order chi connectivity index (χ1) is 16.4. The van der Waals surface area contributed by atoms with Crippen molar-refractivity contribution in [2.75, 3.05) is 19.7 Å². The number of benzene rings is 2. The number of ether oxygens (including phenoxy) is 1. The molecule has 3 rings (SSSR count). The van der Waals surface area contributed by atoms with Crippen LogP contribution < -0.4 is 0 Å². The molecule has 5 nitrogen and oxygen atoms in total. The van der Waals surface area contributed by atoms with E-state index in [2.05, 4.69) is 0 Å². The fraction of sp³-hybridized carbons (Fsp3) is 0.333. The Bertz CT molecular complexity index is 1020. The predicted octanol–water partition coefficient (Wildman–Crippen LogP) is 5.12. The number of rotatable bonds is 12. The van der Waals surface area contributed by atoms with Crippen LogP contribution in [0.5, 0.6) is 0 Å². The van der Waals surface area contributed by atoms with E-state index in [0.717, 1.165) is 16.0 Å². The van der Waals surface area contributed by atoms with Crippen LogP contribution in [-0.2, 0) is 34.0 Å². The molecule has 7 heteroatoms. The van der Waals surface area contributed by atoms with Crippen molar-refractivity contribution in [3.8, 4) is 0 Å². The second kappa shape index (κ2) is 13.0. The maximum Gasteiger partial charge on any atom is 0.249 e. The lowest BCUT2D eigenvalue weighted by Crippen LogP contribution is -2.45. The number of amides is 2. The fourth-order valence-electron chi connectivity index (χ4n) is 3.51. The van der Waals surface area contributed by atoms with Crippen molar-refractivity contribution in [3.63, 3.8) is 0 Å². The molecular weight excluding hydrogens is 451 g/mol. The molecule has 0 atom stereocenters. The molecule has 0 aliphatic heterocycles. The van der Waals surface area contributed by atoms with Gasteiger partial charge in [-0.1, -0.05) is 62.4 Å². The zero-order valence-electron chi connectivity index (χ0n) is 19.7. The number of carbonyl (C=O) groups is 2. The first kappa shape index (κ1) is 25.6. The molecule has 1 aromatic heterocycles. The summed E-state index contributed by atoms with van der Waals surface area (Å²) in [6, 6.07) is 19.7. The van der Waals surface area contributed by atoms with Gasteiger partial charge in [0.25, 0.3) is 0 Å². The number of hydrogen-bond acceptors (Lipinski definition) is 4. The Morgan fingerprint density at radius 3 is 2.26 bits per heavy atom. The summed E-state index contributed by atoms with van der Waals surface area (Å²) in [7, 11) is 0. The van der Waals surface area contributed by atoms with Gasteiger partial charge in [0.05, 0.1) is 19.7 Å². The maximum atomic E-state index is 13.4. The summed E-state index contributed by atoms with van der Waals surface area (Å²) >= 11 is 1.57. The van der Waals surface area contributed by atoms with Gasteiger partial charge in [-0.2, -0.15) is 0 Å². The molecule has 2 amide bonds. The van der Waals surface area contributed by atoms with Crippen LogP contribution in [0.2, 0.25) is 0 Å². The van der Waals surface area contributed by atoms with E-state index in [0.29, 0.717) is 26.2 Å². The van der Waals surface area contributed by atoms with Crippen molar-refractivity contribution in [2.24, 2.45) is 5.92 Å². The Morgan fingerprint density at radius 2 is 1.62 bits per heavy atom. The molecule has 180 valence electrons. The summed E-state index contributed by atoms with van der Waals surface area (Å²) in [5.74, 6) is -0.483. The summed E-state index contributed by atoms with van der Waals surface area (Å²) in [5.41, 5.74) is 1.82. The zero-order valence-corrected chi connectivity index (χ0v) is 20.5. The van der Waals surface area contributed by atoms with Gasteiger partial charge in [-0.05, 0) is 40.6 Å². The molecule has 0 spiro atoms. The van der Waals surface area contributed by atoms with E-state index in [1.807, 2.05) is 61.7 Å². The van der Waals surface area contributed by atoms with Gasteiger partial charge in [0.15, 0.2) is 0 Å². The van der Waals surface area contributed by atoms with Crippen LogP contribution in [0.4, 0.5) is 4.39 Å². The first-order valence-electron chi connectivity index (χ1n) is 11.3. The van der Waals surface area contributed by atoms with E-state index in [9.17, 15) is 14.0 Å². The Balaban J connectivity index is 1.66. The van der Waals surface area contributed by atoms with Crippen molar-refractivity contribution in [3.05, 3.63) is 93.9 Å². The van der Waals surface area contributed by atoms with E-state index in [1.165, 1.54) is 12.1 Å². The lowest BCUT2D eigenvalue weighted by Gasteiger charge is -2.28. The minimum Gasteiger partial charge on any atom is -0.367 e. The molecule has 0 radical (unpaired) electrons. The first-order valence-corrected chi connectivity index (χ1v) is 12.2. The Hall–Kier alpha value is -3.03. The average Bonchev–Trinajstić information content (AvgIpc) is 3.33. The fourth-order valence-corrected chi connectivity index (χ4v) is 4.23. The molecule has 0 bridgehead atoms. The lowest BCUT2D eigenvalue weighted by molar-refractivity contribution is -0.144. The highest BCUT2D eigenvalue weighted by Crippen LogP contribution is 2.16. The third-order valence-electron chi connectivity index (χ3n) is 5.17. The van der Waals surface area contributed by atoms with Crippen molar-refractivity contribution < 1.29 is 18.7 Å². The Labute approximate surface area is 204 Å². The van der Waals surface area contributed by atoms with Crippen molar-refractivity contribution in [1.29, 1.82) is 0 Å². The number of hydrogen-bond donors (Lipinski definition) is 0. The minimum atomic E-state index is -0.316. The molecule has 0 saturated heterocycles. The Kier molecular flexibility index (Phi) is 9.79. The molecule has 0 saturated carbocycles. The van der Waals surface area contributed by atoms with Crippen LogP contribution >= 0.6 is 11.3 Å². The highest BCUT2D eigenvalue weighted by atomic mass is 32.1. The van der Waals surface area contributed by atoms with E-state index >= 15 is 0 Å². The second-order valence-corrected chi connectivity index (χ2v) is 9.63. The maximum absolute atomic E-state index is 13.4. The number of thiophene rings is 1. The van der Waals surface area contributed by atoms with Crippen molar-refractivity contribution in [2.45, 2.75) is 33.5 Å². The van der Waals surface area contributed by atoms with Crippen molar-refractivity contribution >= 4 is 23.2 Å². The standard InChI is InChI=1S/C27H31FN2O3S/c1-21(2)15-29(27(32)20-33-19-23-7-4-3-5-8-23)18-26(31)30(17-25-9-6-14-34-25)16-22-10-12-24(28)13-11-22/h3-14,21H,15-20H2,1-2H3. The number of nitrogens with zero attached hydrogens (tertiary/aromatic N) is 2. The smallest absolute Gasteiger partial charge is 0.249 e. The monoisotopic (exact) mass is 482 g/mol. The quantitative estimate of drug-likeness (QED) is 0.360. The van der Waals surface area contributed by atoms with Crippen LogP contribution in [-0.4, -0.2) is 41.3 Å². The van der Waals surface area contributed by atoms with Gasteiger partial charge < -0.3 is 14.5 Å². The molecule has 34 heavy (non-hydrogen) atoms. The average molecular weight is 483 g/mol. The second-order valence-electron chi connectivity index (χ2n) is 8.60. The van der Waals surface area contributed by atoms with Gasteiger partial charge in [-0.25, -0.2) is 4.39 Å². The molecule has 2 aromatic carbocycles. The summed E-state index contributed by atoms with van der Waals surface area (Å²) in [6.07, 6.45) is 0. The van der Waals surface area contributed by atoms with E-state index < -0.39 is 0 Å². The van der Waals surface area contributed by atoms with Crippen LogP contribution in [0.25, 0.3) is 0 Å². The van der Waals surface area contributed by atoms with Crippen LogP contribution in [0.1, 0.15) is 29.9 Å². The largest absolute Gasteiger partial charge is 0.367 e. The van der Waals surface area contributed by atoms with Gasteiger partial charge in [-0.3, -0.25) is 9.59 Å². The third kappa shape index (κ3) is 8.39. The highest BCUT2D eigenvalue weighted by molar-refractivity contribution is 7.09. The normalized spacial score (nSPS) is 10.9. The minimum absolute atomic E-state index is 0.0295. The SMILES string of the molecule is CC(C)CN(CC(=O)N(Cc1ccc(F)cc1)Cc1cccs1)C(=O)COCc1ccccc1. The van der Waals surface area contributed by atoms with Crippen LogP contribution in [0.15, 0.2) is 72.1 Å². The summed E-state index contributed by atoms with van der Waals surface area (Å²) in [6.45, 7) is 5.48. The molecule has 0 aliphatic rings. The molecule has 0 N–H and O–H groups in total. The van der Waals surface area contributed by atoms with E-state index in [1.54, 1.807) is 33.3 Å². The van der Waals surface area contributed by atoms with Gasteiger partial charge >= 0.3 is 0 Å². The van der Waals surface area contributed by atoms with Gasteiger partial charge in [0, 0.05) is 18.0 Å².